The van der Waals surface area contributed by atoms with E-state index >= 15 is 0 Å². The molecule has 1 heterocycles. The number of nitrogens with two attached hydrogens (primary N) is 1. The van der Waals surface area contributed by atoms with E-state index in [1.807, 2.05) is 27.7 Å². The molecular weight excluding hydrogens is 310 g/mol. The molecule has 3 N–H and O–H groups in total. The number of piperidine rings is 1. The third-order valence-corrected chi connectivity index (χ3v) is 3.52. The van der Waals surface area contributed by atoms with Crippen LogP contribution in [0.5, 0.6) is 0 Å². The van der Waals surface area contributed by atoms with Gasteiger partial charge in [0.15, 0.2) is 0 Å². The van der Waals surface area contributed by atoms with Crippen molar-refractivity contribution in [2.45, 2.75) is 52.2 Å². The van der Waals surface area contributed by atoms with Gasteiger partial charge in [-0.05, 0) is 56.5 Å². The summed E-state index contributed by atoms with van der Waals surface area (Å²) in [6.45, 7) is 9.00. The molecule has 0 bridgehead atoms. The number of nitrogens with zero attached hydrogens (tertiary/aromatic N) is 1. The van der Waals surface area contributed by atoms with E-state index in [4.69, 9.17) is 10.5 Å². The highest BCUT2D eigenvalue weighted by molar-refractivity contribution is 9.11. The molecule has 0 atom stereocenters. The van der Waals surface area contributed by atoms with Gasteiger partial charge in [0.1, 0.15) is 5.60 Å². The third-order valence-electron chi connectivity index (χ3n) is 2.93. The largest absolute Gasteiger partial charge is 0.444 e. The molecule has 1 amide bonds. The summed E-state index contributed by atoms with van der Waals surface area (Å²) in [6.07, 6.45) is 1.58. The predicted molar refractivity (Wildman–Crippen MR) is 79.8 cm³/mol. The number of ether oxygens (including phenoxy) is 1. The van der Waals surface area contributed by atoms with Crippen LogP contribution in [0.1, 0.15) is 40.5 Å². The van der Waals surface area contributed by atoms with Gasteiger partial charge in [-0.1, -0.05) is 0 Å². The van der Waals surface area contributed by atoms with Gasteiger partial charge in [0.25, 0.3) is 0 Å². The Morgan fingerprint density at radius 3 is 2.32 bits per heavy atom. The maximum atomic E-state index is 11.9. The third kappa shape index (κ3) is 5.72. The van der Waals surface area contributed by atoms with Crippen molar-refractivity contribution < 1.29 is 9.53 Å². The van der Waals surface area contributed by atoms with Crippen molar-refractivity contribution in [2.75, 3.05) is 13.1 Å². The molecule has 0 unspecified atom stereocenters. The van der Waals surface area contributed by atoms with Crippen LogP contribution in [-0.4, -0.2) is 35.7 Å². The van der Waals surface area contributed by atoms with Gasteiger partial charge in [-0.25, -0.2) is 4.79 Å². The molecule has 1 rings (SSSR count). The highest BCUT2D eigenvalue weighted by atomic mass is 79.9. The van der Waals surface area contributed by atoms with Crippen molar-refractivity contribution in [3.8, 4) is 0 Å². The van der Waals surface area contributed by atoms with Crippen molar-refractivity contribution in [3.05, 3.63) is 10.3 Å². The van der Waals surface area contributed by atoms with E-state index in [2.05, 4.69) is 21.2 Å². The van der Waals surface area contributed by atoms with Gasteiger partial charge in [-0.15, -0.1) is 0 Å². The van der Waals surface area contributed by atoms with Crippen LogP contribution in [0, 0.1) is 0 Å². The van der Waals surface area contributed by atoms with Crippen LogP contribution >= 0.6 is 15.9 Å². The van der Waals surface area contributed by atoms with E-state index in [1.54, 1.807) is 4.90 Å². The minimum Gasteiger partial charge on any atom is -0.444 e. The number of nitrogens with one attached hydrogen (secondary N) is 1. The van der Waals surface area contributed by atoms with E-state index < -0.39 is 5.60 Å². The Labute approximate surface area is 123 Å². The standard InChI is InChI=1S/C13H24BrN3O2/c1-9(11(14)15)16-10-5-7-17(8-6-10)12(18)19-13(2,3)4/h10,16H,5-8,15H2,1-4H3/b11-9-. The van der Waals surface area contributed by atoms with Crippen LogP contribution in [0.2, 0.25) is 0 Å². The number of carbonyl (C=O) groups excluding carboxylic acids is 1. The Morgan fingerprint density at radius 1 is 1.37 bits per heavy atom. The number of likely N-dealkylation sites (tertiary alicyclic amines) is 1. The summed E-state index contributed by atoms with van der Waals surface area (Å²) in [6, 6.07) is 0.356. The zero-order valence-corrected chi connectivity index (χ0v) is 13.7. The number of hydrogen-bond donors (Lipinski definition) is 2. The maximum absolute atomic E-state index is 11.9. The van der Waals surface area contributed by atoms with Crippen molar-refractivity contribution in [2.24, 2.45) is 5.73 Å². The summed E-state index contributed by atoms with van der Waals surface area (Å²) in [5.74, 6) is 0. The van der Waals surface area contributed by atoms with Gasteiger partial charge in [-0.2, -0.15) is 0 Å². The number of allylic oxidation sites excluding steroid dienone is 1. The average molecular weight is 334 g/mol. The molecule has 0 aromatic carbocycles. The highest BCUT2D eigenvalue weighted by Crippen LogP contribution is 2.16. The Balaban J connectivity index is 2.41. The lowest BCUT2D eigenvalue weighted by molar-refractivity contribution is 0.0201. The summed E-state index contributed by atoms with van der Waals surface area (Å²) < 4.78 is 5.99. The van der Waals surface area contributed by atoms with E-state index in [0.717, 1.165) is 18.5 Å². The smallest absolute Gasteiger partial charge is 0.410 e. The SMILES string of the molecule is C/C(NC1CCN(C(=O)OC(C)(C)C)CC1)=C(/N)Br. The lowest BCUT2D eigenvalue weighted by atomic mass is 10.1. The maximum Gasteiger partial charge on any atom is 0.410 e. The fraction of sp³-hybridized carbons (Fsp3) is 0.769. The molecule has 110 valence electrons. The Morgan fingerprint density at radius 2 is 1.89 bits per heavy atom. The molecule has 1 fully saturated rings. The molecule has 6 heteroatoms. The Bertz CT molecular complexity index is 351. The molecule has 0 saturated carbocycles. The second kappa shape index (κ2) is 6.50. The van der Waals surface area contributed by atoms with Gasteiger partial charge in [0.2, 0.25) is 0 Å². The van der Waals surface area contributed by atoms with E-state index in [9.17, 15) is 4.79 Å². The van der Waals surface area contributed by atoms with Crippen molar-refractivity contribution in [1.82, 2.24) is 10.2 Å². The van der Waals surface area contributed by atoms with Gasteiger partial charge in [0.05, 0.1) is 4.61 Å². The first-order valence-electron chi connectivity index (χ1n) is 6.55. The van der Waals surface area contributed by atoms with Gasteiger partial charge >= 0.3 is 6.09 Å². The Hall–Kier alpha value is -0.910. The summed E-state index contributed by atoms with van der Waals surface area (Å²) >= 11 is 3.25. The number of amides is 1. The fourth-order valence-corrected chi connectivity index (χ4v) is 2.02. The minimum atomic E-state index is -0.435. The van der Waals surface area contributed by atoms with Gasteiger partial charge in [-0.3, -0.25) is 0 Å². The molecule has 19 heavy (non-hydrogen) atoms. The van der Waals surface area contributed by atoms with E-state index in [-0.39, 0.29) is 6.09 Å². The quantitative estimate of drug-likeness (QED) is 0.762. The van der Waals surface area contributed by atoms with Crippen LogP contribution in [0.3, 0.4) is 0 Å². The molecular formula is C13H24BrN3O2. The second-order valence-electron chi connectivity index (χ2n) is 5.86. The normalized spacial score (nSPS) is 18.9. The molecule has 0 aromatic heterocycles. The average Bonchev–Trinajstić information content (AvgIpc) is 2.27. The lowest BCUT2D eigenvalue weighted by Crippen LogP contribution is -2.46. The summed E-state index contributed by atoms with van der Waals surface area (Å²) in [5.41, 5.74) is 6.15. The zero-order valence-electron chi connectivity index (χ0n) is 12.1. The van der Waals surface area contributed by atoms with Crippen LogP contribution in [-0.2, 0) is 4.74 Å². The summed E-state index contributed by atoms with van der Waals surface area (Å²) in [4.78, 5) is 13.7. The number of rotatable bonds is 2. The first-order chi connectivity index (χ1) is 8.69. The van der Waals surface area contributed by atoms with Crippen LogP contribution in [0.25, 0.3) is 0 Å². The van der Waals surface area contributed by atoms with Crippen molar-refractivity contribution >= 4 is 22.0 Å². The van der Waals surface area contributed by atoms with Crippen molar-refractivity contribution in [1.29, 1.82) is 0 Å². The molecule has 5 nitrogen and oxygen atoms in total. The molecule has 1 aliphatic heterocycles. The number of halogens is 1. The second-order valence-corrected chi connectivity index (χ2v) is 6.71. The molecule has 1 aliphatic rings. The van der Waals surface area contributed by atoms with Gasteiger partial charge in [0, 0.05) is 24.8 Å². The first-order valence-corrected chi connectivity index (χ1v) is 7.34. The minimum absolute atomic E-state index is 0.224. The van der Waals surface area contributed by atoms with Crippen LogP contribution in [0.4, 0.5) is 4.79 Å². The van der Waals surface area contributed by atoms with Crippen LogP contribution < -0.4 is 11.1 Å². The topological polar surface area (TPSA) is 67.6 Å². The molecule has 0 radical (unpaired) electrons. The molecule has 0 aromatic rings. The summed E-state index contributed by atoms with van der Waals surface area (Å²) in [5, 5.41) is 3.35. The molecule has 0 aliphatic carbocycles. The Kier molecular flexibility index (Phi) is 5.52. The molecule has 1 saturated heterocycles. The fourth-order valence-electron chi connectivity index (χ4n) is 1.91. The van der Waals surface area contributed by atoms with Crippen LogP contribution in [0.15, 0.2) is 10.3 Å². The van der Waals surface area contributed by atoms with Crippen molar-refractivity contribution in [3.63, 3.8) is 0 Å². The van der Waals surface area contributed by atoms with Gasteiger partial charge < -0.3 is 20.7 Å². The monoisotopic (exact) mass is 333 g/mol. The lowest BCUT2D eigenvalue weighted by Gasteiger charge is -2.34. The number of hydrogen-bond acceptors (Lipinski definition) is 4. The van der Waals surface area contributed by atoms with E-state index in [0.29, 0.717) is 23.7 Å². The number of carbonyl (C=O) groups is 1. The molecule has 0 spiro atoms. The predicted octanol–water partition coefficient (Wildman–Crippen LogP) is 2.52. The van der Waals surface area contributed by atoms with E-state index in [1.165, 1.54) is 0 Å². The zero-order chi connectivity index (χ0) is 14.6. The first kappa shape index (κ1) is 16.1. The summed E-state index contributed by atoms with van der Waals surface area (Å²) in [7, 11) is 0. The highest BCUT2D eigenvalue weighted by Gasteiger charge is 2.26.